The second-order valence-corrected chi connectivity index (χ2v) is 6.76. The van der Waals surface area contributed by atoms with Crippen LogP contribution in [0, 0.1) is 0 Å². The first-order valence-electron chi connectivity index (χ1n) is 8.08. The zero-order chi connectivity index (χ0) is 19.2. The Bertz CT molecular complexity index is 927. The summed E-state index contributed by atoms with van der Waals surface area (Å²) in [6.45, 7) is 2.95. The van der Waals surface area contributed by atoms with Gasteiger partial charge in [0.25, 0.3) is 5.91 Å². The summed E-state index contributed by atoms with van der Waals surface area (Å²) in [5.74, 6) is 0.189. The maximum absolute atomic E-state index is 12.3. The van der Waals surface area contributed by atoms with Crippen LogP contribution in [0.5, 0.6) is 5.75 Å². The molecule has 2 aromatic heterocycles. The monoisotopic (exact) mass is 453 g/mol. The average molecular weight is 455 g/mol. The minimum Gasteiger partial charge on any atom is -0.470 e. The fraction of sp³-hybridized carbons (Fsp3) is 0.235. The number of hydrogen-bond acceptors (Lipinski definition) is 5. The fourth-order valence-corrected chi connectivity index (χ4v) is 2.89. The smallest absolute Gasteiger partial charge is 0.276 e. The van der Waals surface area contributed by atoms with Gasteiger partial charge in [-0.2, -0.15) is 10.2 Å². The molecule has 0 aliphatic carbocycles. The van der Waals surface area contributed by atoms with Crippen molar-refractivity contribution in [1.82, 2.24) is 19.6 Å². The van der Waals surface area contributed by atoms with Gasteiger partial charge in [-0.15, -0.1) is 0 Å². The Labute approximate surface area is 169 Å². The highest BCUT2D eigenvalue weighted by molar-refractivity contribution is 9.10. The number of nitrogens with one attached hydrogen (secondary N) is 1. The van der Waals surface area contributed by atoms with Crippen LogP contribution in [-0.2, 0) is 18.2 Å². The van der Waals surface area contributed by atoms with Crippen LogP contribution in [0.25, 0.3) is 0 Å². The van der Waals surface area contributed by atoms with Crippen molar-refractivity contribution in [3.8, 4) is 5.75 Å². The molecule has 8 nitrogen and oxygen atoms in total. The maximum Gasteiger partial charge on any atom is 0.276 e. The van der Waals surface area contributed by atoms with Crippen LogP contribution in [0.1, 0.15) is 17.4 Å². The van der Waals surface area contributed by atoms with E-state index in [0.29, 0.717) is 29.8 Å². The predicted molar refractivity (Wildman–Crippen MR) is 104 cm³/mol. The van der Waals surface area contributed by atoms with Gasteiger partial charge in [-0.05, 0) is 31.2 Å². The van der Waals surface area contributed by atoms with Gasteiger partial charge in [0.15, 0.2) is 12.4 Å². The van der Waals surface area contributed by atoms with E-state index >= 15 is 0 Å². The van der Waals surface area contributed by atoms with Gasteiger partial charge in [-0.1, -0.05) is 27.5 Å². The summed E-state index contributed by atoms with van der Waals surface area (Å²) in [4.78, 5) is 12.3. The normalized spacial score (nSPS) is 10.8. The minimum atomic E-state index is -0.341. The first-order chi connectivity index (χ1) is 13.0. The van der Waals surface area contributed by atoms with Crippen molar-refractivity contribution in [3.05, 3.63) is 58.0 Å². The number of benzene rings is 1. The van der Waals surface area contributed by atoms with Crippen molar-refractivity contribution in [2.24, 2.45) is 0 Å². The van der Waals surface area contributed by atoms with Gasteiger partial charge in [0.2, 0.25) is 0 Å². The zero-order valence-corrected chi connectivity index (χ0v) is 16.8. The van der Waals surface area contributed by atoms with E-state index in [-0.39, 0.29) is 18.3 Å². The highest BCUT2D eigenvalue weighted by Crippen LogP contribution is 2.27. The van der Waals surface area contributed by atoms with E-state index in [2.05, 4.69) is 31.4 Å². The zero-order valence-electron chi connectivity index (χ0n) is 14.4. The molecule has 0 aliphatic heterocycles. The van der Waals surface area contributed by atoms with Crippen LogP contribution in [0.2, 0.25) is 5.02 Å². The third-order valence-corrected chi connectivity index (χ3v) is 4.23. The number of rotatable bonds is 8. The second kappa shape index (κ2) is 9.03. The fourth-order valence-electron chi connectivity index (χ4n) is 2.16. The van der Waals surface area contributed by atoms with E-state index in [1.54, 1.807) is 41.5 Å². The molecule has 1 aromatic carbocycles. The van der Waals surface area contributed by atoms with Crippen molar-refractivity contribution >= 4 is 39.1 Å². The van der Waals surface area contributed by atoms with Gasteiger partial charge in [0, 0.05) is 17.3 Å². The molecule has 3 aromatic rings. The highest BCUT2D eigenvalue weighted by Gasteiger charge is 2.11. The summed E-state index contributed by atoms with van der Waals surface area (Å²) >= 11 is 9.45. The van der Waals surface area contributed by atoms with E-state index in [1.165, 1.54) is 4.68 Å². The van der Waals surface area contributed by atoms with Crippen molar-refractivity contribution in [2.45, 2.75) is 20.4 Å². The van der Waals surface area contributed by atoms with Crippen LogP contribution in [0.15, 0.2) is 47.3 Å². The first kappa shape index (κ1) is 19.4. The number of halogens is 2. The second-order valence-electron chi connectivity index (χ2n) is 5.43. The molecule has 2 heterocycles. The summed E-state index contributed by atoms with van der Waals surface area (Å²) < 4.78 is 14.8. The van der Waals surface area contributed by atoms with E-state index in [1.807, 2.05) is 13.0 Å². The Morgan fingerprint density at radius 1 is 1.30 bits per heavy atom. The summed E-state index contributed by atoms with van der Waals surface area (Å²) in [7, 11) is 0. The van der Waals surface area contributed by atoms with Crippen LogP contribution in [0.3, 0.4) is 0 Å². The lowest BCUT2D eigenvalue weighted by Gasteiger charge is -2.08. The number of ether oxygens (including phenoxy) is 2. The number of amides is 1. The molecule has 0 aliphatic rings. The third-order valence-electron chi connectivity index (χ3n) is 3.44. The van der Waals surface area contributed by atoms with Gasteiger partial charge in [-0.3, -0.25) is 4.79 Å². The molecule has 10 heteroatoms. The molecule has 0 unspecified atom stereocenters. The number of nitrogens with zero attached hydrogens (tertiary/aromatic N) is 4. The van der Waals surface area contributed by atoms with Gasteiger partial charge >= 0.3 is 0 Å². The Balaban J connectivity index is 1.56. The lowest BCUT2D eigenvalue weighted by atomic mass is 10.3. The number of aromatic nitrogens is 4. The molecule has 0 spiro atoms. The molecule has 1 amide bonds. The Hall–Kier alpha value is -2.36. The SMILES string of the molecule is CCOCn1cc(NC(=O)c2ccn(COc3ccc(Br)cc3Cl)n2)cn1. The van der Waals surface area contributed by atoms with Crippen molar-refractivity contribution in [3.63, 3.8) is 0 Å². The van der Waals surface area contributed by atoms with Crippen molar-refractivity contribution < 1.29 is 14.3 Å². The average Bonchev–Trinajstić information content (AvgIpc) is 3.28. The summed E-state index contributed by atoms with van der Waals surface area (Å²) in [6.07, 6.45) is 4.88. The predicted octanol–water partition coefficient (Wildman–Crippen LogP) is 3.78. The molecule has 1 N–H and O–H groups in total. The number of anilines is 1. The van der Waals surface area contributed by atoms with Crippen LogP contribution in [-0.4, -0.2) is 32.1 Å². The van der Waals surface area contributed by atoms with Crippen LogP contribution < -0.4 is 10.1 Å². The molecular weight excluding hydrogens is 438 g/mol. The summed E-state index contributed by atoms with van der Waals surface area (Å²) in [6, 6.07) is 6.93. The lowest BCUT2D eigenvalue weighted by Crippen LogP contribution is -2.14. The third kappa shape index (κ3) is 5.31. The Morgan fingerprint density at radius 2 is 2.15 bits per heavy atom. The summed E-state index contributed by atoms with van der Waals surface area (Å²) in [5, 5.41) is 11.5. The van der Waals surface area contributed by atoms with Crippen LogP contribution >= 0.6 is 27.5 Å². The lowest BCUT2D eigenvalue weighted by molar-refractivity contribution is 0.0792. The van der Waals surface area contributed by atoms with Crippen molar-refractivity contribution in [2.75, 3.05) is 11.9 Å². The molecule has 0 bridgehead atoms. The molecule has 0 atom stereocenters. The standard InChI is InChI=1S/C17H17BrClN5O3/c1-2-26-10-24-9-13(8-20-24)21-17(25)15-5-6-23(22-15)11-27-16-4-3-12(18)7-14(16)19/h3-9H,2,10-11H2,1H3,(H,21,25). The largest absolute Gasteiger partial charge is 0.470 e. The molecule has 0 saturated carbocycles. The topological polar surface area (TPSA) is 83.2 Å². The maximum atomic E-state index is 12.3. The van der Waals surface area contributed by atoms with E-state index in [0.717, 1.165) is 4.47 Å². The Kier molecular flexibility index (Phi) is 6.49. The van der Waals surface area contributed by atoms with E-state index in [9.17, 15) is 4.79 Å². The number of carbonyl (C=O) groups excluding carboxylic acids is 1. The van der Waals surface area contributed by atoms with Crippen LogP contribution in [0.4, 0.5) is 5.69 Å². The molecule has 0 saturated heterocycles. The number of hydrogen-bond donors (Lipinski definition) is 1. The number of carbonyl (C=O) groups is 1. The highest BCUT2D eigenvalue weighted by atomic mass is 79.9. The van der Waals surface area contributed by atoms with E-state index < -0.39 is 0 Å². The quantitative estimate of drug-likeness (QED) is 0.560. The summed E-state index contributed by atoms with van der Waals surface area (Å²) in [5.41, 5.74) is 0.824. The molecular formula is C17H17BrClN5O3. The van der Waals surface area contributed by atoms with Gasteiger partial charge in [-0.25, -0.2) is 9.36 Å². The molecule has 0 radical (unpaired) electrons. The molecule has 0 fully saturated rings. The minimum absolute atomic E-state index is 0.126. The molecule has 27 heavy (non-hydrogen) atoms. The van der Waals surface area contributed by atoms with Crippen molar-refractivity contribution in [1.29, 1.82) is 0 Å². The van der Waals surface area contributed by atoms with Gasteiger partial charge in [0.1, 0.15) is 12.5 Å². The molecule has 142 valence electrons. The Morgan fingerprint density at radius 3 is 2.93 bits per heavy atom. The van der Waals surface area contributed by atoms with Gasteiger partial charge < -0.3 is 14.8 Å². The first-order valence-corrected chi connectivity index (χ1v) is 9.25. The van der Waals surface area contributed by atoms with Gasteiger partial charge in [0.05, 0.1) is 23.1 Å². The van der Waals surface area contributed by atoms with E-state index in [4.69, 9.17) is 21.1 Å². The molecule has 3 rings (SSSR count).